The third-order valence-electron chi connectivity index (χ3n) is 13.1. The Morgan fingerprint density at radius 2 is 1.14 bits per heavy atom. The highest BCUT2D eigenvalue weighted by molar-refractivity contribution is 6.19. The van der Waals surface area contributed by atoms with Crippen molar-refractivity contribution in [3.05, 3.63) is 180 Å². The van der Waals surface area contributed by atoms with Crippen LogP contribution in [-0.2, 0) is 10.8 Å². The van der Waals surface area contributed by atoms with E-state index in [9.17, 15) is 0 Å². The van der Waals surface area contributed by atoms with Crippen molar-refractivity contribution in [2.45, 2.75) is 38.5 Å². The average Bonchev–Trinajstić information content (AvgIpc) is 3.83. The lowest BCUT2D eigenvalue weighted by molar-refractivity contribution is 0.653. The molecule has 0 unspecified atom stereocenters. The van der Waals surface area contributed by atoms with Crippen molar-refractivity contribution < 1.29 is 4.42 Å². The number of para-hydroxylation sites is 1. The fourth-order valence-corrected chi connectivity index (χ4v) is 10.3. The molecule has 0 saturated heterocycles. The van der Waals surface area contributed by atoms with Crippen molar-refractivity contribution in [1.29, 1.82) is 0 Å². The van der Waals surface area contributed by atoms with Gasteiger partial charge in [-0.1, -0.05) is 155 Å². The van der Waals surface area contributed by atoms with Gasteiger partial charge in [-0.25, -0.2) is 4.98 Å². The first-order chi connectivity index (χ1) is 27.8. The monoisotopic (exact) mass is 730 g/mol. The van der Waals surface area contributed by atoms with E-state index >= 15 is 0 Å². The molecule has 0 bridgehead atoms. The quantitative estimate of drug-likeness (QED) is 0.170. The zero-order valence-electron chi connectivity index (χ0n) is 32.3. The van der Waals surface area contributed by atoms with E-state index in [-0.39, 0.29) is 10.8 Å². The molecule has 3 nitrogen and oxygen atoms in total. The molecule has 2 aliphatic carbocycles. The number of nitrogens with zero attached hydrogens (tertiary/aromatic N) is 2. The first-order valence-electron chi connectivity index (χ1n) is 19.9. The van der Waals surface area contributed by atoms with Gasteiger partial charge in [0, 0.05) is 55.3 Å². The van der Waals surface area contributed by atoms with Crippen molar-refractivity contribution in [3.63, 3.8) is 0 Å². The molecule has 2 aliphatic rings. The molecule has 0 fully saturated rings. The van der Waals surface area contributed by atoms with Crippen LogP contribution in [0.2, 0.25) is 0 Å². The van der Waals surface area contributed by atoms with Gasteiger partial charge >= 0.3 is 0 Å². The molecule has 3 heteroatoms. The van der Waals surface area contributed by atoms with Crippen LogP contribution in [0.3, 0.4) is 0 Å². The van der Waals surface area contributed by atoms with Crippen LogP contribution < -0.4 is 0 Å². The fourth-order valence-electron chi connectivity index (χ4n) is 10.3. The lowest BCUT2D eigenvalue weighted by Crippen LogP contribution is -2.16. The van der Waals surface area contributed by atoms with E-state index in [2.05, 4.69) is 173 Å². The van der Waals surface area contributed by atoms with Gasteiger partial charge < -0.3 is 4.42 Å². The molecule has 0 amide bonds. The van der Waals surface area contributed by atoms with E-state index in [1.54, 1.807) is 0 Å². The van der Waals surface area contributed by atoms with Crippen LogP contribution >= 0.6 is 0 Å². The molecule has 0 N–H and O–H groups in total. The van der Waals surface area contributed by atoms with Gasteiger partial charge in [-0.2, -0.15) is 0 Å². The first kappa shape index (κ1) is 32.4. The van der Waals surface area contributed by atoms with E-state index in [0.717, 1.165) is 60.7 Å². The summed E-state index contributed by atoms with van der Waals surface area (Å²) in [4.78, 5) is 10.5. The number of hydrogen-bond donors (Lipinski definition) is 0. The molecule has 0 saturated carbocycles. The number of fused-ring (bicyclic) bond motifs is 13. The SMILES string of the molecule is CC1(C)c2ccccc2-c2c1cc(-c1ccc(-c3ccc4ccc5cc(-c6ccccc6)cnc5c4n3)c3c1-c1ccccc1C3(C)C)c1c2oc2ccccc21. The Morgan fingerprint density at radius 1 is 0.474 bits per heavy atom. The Morgan fingerprint density at radius 3 is 1.96 bits per heavy atom. The second kappa shape index (κ2) is 11.4. The Labute approximate surface area is 331 Å². The van der Waals surface area contributed by atoms with Crippen LogP contribution in [0.25, 0.3) is 99.5 Å². The molecule has 270 valence electrons. The molecule has 57 heavy (non-hydrogen) atoms. The lowest BCUT2D eigenvalue weighted by atomic mass is 9.77. The summed E-state index contributed by atoms with van der Waals surface area (Å²) in [6.45, 7) is 9.46. The maximum absolute atomic E-state index is 6.92. The Hall–Kier alpha value is -6.84. The minimum absolute atomic E-state index is 0.193. The second-order valence-electron chi connectivity index (χ2n) is 16.9. The maximum atomic E-state index is 6.92. The van der Waals surface area contributed by atoms with Crippen LogP contribution in [0.4, 0.5) is 0 Å². The van der Waals surface area contributed by atoms with E-state index < -0.39 is 0 Å². The lowest BCUT2D eigenvalue weighted by Gasteiger charge is -2.26. The minimum atomic E-state index is -0.278. The highest BCUT2D eigenvalue weighted by Gasteiger charge is 2.42. The van der Waals surface area contributed by atoms with Gasteiger partial charge in [0.25, 0.3) is 0 Å². The van der Waals surface area contributed by atoms with Crippen LogP contribution in [-0.4, -0.2) is 9.97 Å². The number of hydrogen-bond acceptors (Lipinski definition) is 3. The number of benzene rings is 7. The largest absolute Gasteiger partial charge is 0.455 e. The number of pyridine rings is 2. The topological polar surface area (TPSA) is 38.9 Å². The Bertz CT molecular complexity index is 3350. The summed E-state index contributed by atoms with van der Waals surface area (Å²) < 4.78 is 6.92. The first-order valence-corrected chi connectivity index (χ1v) is 19.9. The molecule has 0 aliphatic heterocycles. The third-order valence-corrected chi connectivity index (χ3v) is 13.1. The van der Waals surface area contributed by atoms with Crippen LogP contribution in [0, 0.1) is 0 Å². The van der Waals surface area contributed by atoms with E-state index in [1.807, 2.05) is 12.3 Å². The smallest absolute Gasteiger partial charge is 0.144 e. The zero-order chi connectivity index (χ0) is 38.2. The Balaban J connectivity index is 1.14. The number of aromatic nitrogens is 2. The van der Waals surface area contributed by atoms with Crippen LogP contribution in [0.15, 0.2) is 162 Å². The molecule has 3 aromatic heterocycles. The summed E-state index contributed by atoms with van der Waals surface area (Å²) >= 11 is 0. The molecule has 7 aromatic carbocycles. The van der Waals surface area contributed by atoms with Crippen molar-refractivity contribution in [2.75, 3.05) is 0 Å². The molecule has 10 aromatic rings. The second-order valence-corrected chi connectivity index (χ2v) is 16.9. The summed E-state index contributed by atoms with van der Waals surface area (Å²) in [5, 5.41) is 4.48. The van der Waals surface area contributed by atoms with E-state index in [0.29, 0.717) is 0 Å². The predicted octanol–water partition coefficient (Wildman–Crippen LogP) is 14.3. The summed E-state index contributed by atoms with van der Waals surface area (Å²) in [6.07, 6.45) is 1.98. The molecule has 0 atom stereocenters. The fraction of sp³-hybridized carbons (Fsp3) is 0.111. The third kappa shape index (κ3) is 4.37. The highest BCUT2D eigenvalue weighted by atomic mass is 16.3. The normalized spacial score (nSPS) is 14.6. The molecule has 12 rings (SSSR count). The zero-order valence-corrected chi connectivity index (χ0v) is 32.3. The van der Waals surface area contributed by atoms with Crippen molar-refractivity contribution >= 4 is 43.7 Å². The maximum Gasteiger partial charge on any atom is 0.144 e. The van der Waals surface area contributed by atoms with Gasteiger partial charge in [-0.3, -0.25) is 4.98 Å². The van der Waals surface area contributed by atoms with Crippen molar-refractivity contribution in [2.24, 2.45) is 0 Å². The predicted molar refractivity (Wildman–Crippen MR) is 236 cm³/mol. The molecular weight excluding hydrogens is 693 g/mol. The number of furan rings is 1. The number of rotatable bonds is 3. The van der Waals surface area contributed by atoms with Gasteiger partial charge in [0.05, 0.1) is 16.7 Å². The van der Waals surface area contributed by atoms with Crippen molar-refractivity contribution in [3.8, 4) is 55.8 Å². The summed E-state index contributed by atoms with van der Waals surface area (Å²) in [7, 11) is 0. The highest BCUT2D eigenvalue weighted by Crippen LogP contribution is 2.59. The standard InChI is InChI=1S/C54H38N2O/c1-53(2)41-19-11-9-17-37(41)48-43(53)29-40(47-39-18-10-13-21-45(39)57-52(47)48)35-25-26-38(49-46(35)36-16-8-12-20-42(36)54(49,3)4)44-27-24-32-22-23-33-28-34(31-14-6-5-7-15-31)30-55-50(33)51(32)56-44/h5-30H,1-4H3. The van der Waals surface area contributed by atoms with Crippen LogP contribution in [0.5, 0.6) is 0 Å². The van der Waals surface area contributed by atoms with Gasteiger partial charge in [-0.05, 0) is 79.9 Å². The molecule has 0 radical (unpaired) electrons. The average molecular weight is 731 g/mol. The van der Waals surface area contributed by atoms with E-state index in [4.69, 9.17) is 14.4 Å². The molecule has 0 spiro atoms. The summed E-state index contributed by atoms with van der Waals surface area (Å²) in [5.74, 6) is 0. The van der Waals surface area contributed by atoms with Gasteiger partial charge in [0.15, 0.2) is 0 Å². The summed E-state index contributed by atoms with van der Waals surface area (Å²) in [6, 6.07) is 55.0. The van der Waals surface area contributed by atoms with E-state index in [1.165, 1.54) is 61.0 Å². The van der Waals surface area contributed by atoms with Gasteiger partial charge in [0.1, 0.15) is 11.2 Å². The Kier molecular flexibility index (Phi) is 6.46. The van der Waals surface area contributed by atoms with Gasteiger partial charge in [-0.15, -0.1) is 0 Å². The van der Waals surface area contributed by atoms with Gasteiger partial charge in [0.2, 0.25) is 0 Å². The molecular formula is C54H38N2O. The minimum Gasteiger partial charge on any atom is -0.455 e. The van der Waals surface area contributed by atoms with Crippen molar-refractivity contribution in [1.82, 2.24) is 9.97 Å². The molecule has 3 heterocycles. The summed E-state index contributed by atoms with van der Waals surface area (Å²) in [5.41, 5.74) is 20.4. The van der Waals surface area contributed by atoms with Crippen LogP contribution in [0.1, 0.15) is 49.9 Å².